The second-order valence-electron chi connectivity index (χ2n) is 15.3. The van der Waals surface area contributed by atoms with Crippen molar-refractivity contribution in [3.8, 4) is 11.5 Å². The lowest BCUT2D eigenvalue weighted by Crippen LogP contribution is -2.50. The molecular weight excluding hydrogens is 520 g/mol. The number of methoxy groups -OCH3 is 1. The first kappa shape index (κ1) is 31.2. The van der Waals surface area contributed by atoms with E-state index in [1.807, 2.05) is 5.57 Å². The fourth-order valence-corrected chi connectivity index (χ4v) is 9.78. The molecule has 0 radical (unpaired) electrons. The standard InChI is InChI=1S/C38H56O4/c1-24(2)25(3)8-9-26(4)31-14-15-32-30-13-12-28-23-29(18-20-37(28,5)33(30)19-21-38(31,32)6)42-36(40)17-11-27-10-16-34(39)35(22-27)41-7/h10-11,13,16-17,22,24-26,28-29,31-33,39H,8-9,12,14-15,18-21,23H2,1-7H3/t25-,26+,28-,29-,31+,32-,33-,37-,38+/m0/s1. The largest absolute Gasteiger partial charge is 0.504 e. The predicted molar refractivity (Wildman–Crippen MR) is 171 cm³/mol. The fraction of sp³-hybridized carbons (Fsp3) is 0.711. The molecule has 0 aromatic heterocycles. The molecule has 4 nitrogen and oxygen atoms in total. The lowest BCUT2D eigenvalue weighted by molar-refractivity contribution is -0.148. The fourth-order valence-electron chi connectivity index (χ4n) is 9.78. The number of hydrogen-bond donors (Lipinski definition) is 1. The summed E-state index contributed by atoms with van der Waals surface area (Å²) in [7, 11) is 1.52. The Morgan fingerprint density at radius 2 is 1.76 bits per heavy atom. The van der Waals surface area contributed by atoms with E-state index in [1.54, 1.807) is 24.3 Å². The Balaban J connectivity index is 1.21. The summed E-state index contributed by atoms with van der Waals surface area (Å²) in [5.74, 6) is 5.53. The maximum absolute atomic E-state index is 12.7. The van der Waals surface area contributed by atoms with Crippen LogP contribution >= 0.6 is 0 Å². The first-order valence-corrected chi connectivity index (χ1v) is 16.9. The van der Waals surface area contributed by atoms with Crippen LogP contribution in [0.4, 0.5) is 0 Å². The minimum Gasteiger partial charge on any atom is -0.504 e. The summed E-state index contributed by atoms with van der Waals surface area (Å²) in [4.78, 5) is 12.7. The van der Waals surface area contributed by atoms with Crippen molar-refractivity contribution in [1.29, 1.82) is 0 Å². The molecule has 0 aliphatic heterocycles. The summed E-state index contributed by atoms with van der Waals surface area (Å²) < 4.78 is 11.2. The molecule has 4 aliphatic rings. The minimum absolute atomic E-state index is 0.0108. The van der Waals surface area contributed by atoms with Gasteiger partial charge in [0.05, 0.1) is 7.11 Å². The molecule has 9 atom stereocenters. The van der Waals surface area contributed by atoms with Gasteiger partial charge in [-0.3, -0.25) is 0 Å². The number of phenols is 1. The van der Waals surface area contributed by atoms with Crippen LogP contribution in [0, 0.1) is 52.3 Å². The summed E-state index contributed by atoms with van der Waals surface area (Å²) in [6.07, 6.45) is 18.3. The molecule has 0 unspecified atom stereocenters. The van der Waals surface area contributed by atoms with Gasteiger partial charge in [-0.2, -0.15) is 0 Å². The molecular formula is C38H56O4. The maximum Gasteiger partial charge on any atom is 0.331 e. The Kier molecular flexibility index (Phi) is 9.22. The highest BCUT2D eigenvalue weighted by molar-refractivity contribution is 5.87. The van der Waals surface area contributed by atoms with Gasteiger partial charge in [0.25, 0.3) is 0 Å². The van der Waals surface area contributed by atoms with Crippen molar-refractivity contribution in [2.45, 2.75) is 112 Å². The topological polar surface area (TPSA) is 55.8 Å². The SMILES string of the molecule is COc1cc(C=CC(=O)O[C@H]2CC[C@@]3(C)[C@@H](CC=C4[C@@H]3CC[C@]3(C)[C@@H]([C@H](C)CC[C@H](C)C(C)C)CC[C@@H]43)C2)ccc1O. The van der Waals surface area contributed by atoms with Crippen molar-refractivity contribution in [2.24, 2.45) is 52.3 Å². The zero-order valence-corrected chi connectivity index (χ0v) is 27.3. The molecule has 0 spiro atoms. The average Bonchev–Trinajstić information content (AvgIpc) is 3.32. The molecule has 3 saturated carbocycles. The van der Waals surface area contributed by atoms with Crippen molar-refractivity contribution >= 4 is 12.0 Å². The normalized spacial score (nSPS) is 35.6. The highest BCUT2D eigenvalue weighted by Gasteiger charge is 2.58. The Morgan fingerprint density at radius 3 is 2.50 bits per heavy atom. The highest BCUT2D eigenvalue weighted by atomic mass is 16.5. The van der Waals surface area contributed by atoms with Gasteiger partial charge in [-0.05, 0) is 127 Å². The van der Waals surface area contributed by atoms with Crippen molar-refractivity contribution in [2.75, 3.05) is 7.11 Å². The van der Waals surface area contributed by atoms with Crippen LogP contribution < -0.4 is 4.74 Å². The lowest BCUT2D eigenvalue weighted by Gasteiger charge is -2.58. The maximum atomic E-state index is 12.7. The van der Waals surface area contributed by atoms with E-state index in [0.717, 1.165) is 60.8 Å². The van der Waals surface area contributed by atoms with Crippen LogP contribution in [-0.4, -0.2) is 24.3 Å². The van der Waals surface area contributed by atoms with Gasteiger partial charge in [0.15, 0.2) is 11.5 Å². The van der Waals surface area contributed by atoms with Crippen molar-refractivity contribution < 1.29 is 19.4 Å². The van der Waals surface area contributed by atoms with E-state index in [1.165, 1.54) is 51.7 Å². The predicted octanol–water partition coefficient (Wildman–Crippen LogP) is 9.61. The number of carbonyl (C=O) groups excluding carboxylic acids is 1. The monoisotopic (exact) mass is 576 g/mol. The number of phenolic OH excluding ortho intramolecular Hbond substituents is 1. The van der Waals surface area contributed by atoms with Crippen LogP contribution in [-0.2, 0) is 9.53 Å². The lowest BCUT2D eigenvalue weighted by atomic mass is 9.47. The molecule has 42 heavy (non-hydrogen) atoms. The third-order valence-electron chi connectivity index (χ3n) is 12.9. The zero-order valence-electron chi connectivity index (χ0n) is 27.3. The van der Waals surface area contributed by atoms with Crippen LogP contribution in [0.1, 0.15) is 111 Å². The van der Waals surface area contributed by atoms with Gasteiger partial charge in [0.1, 0.15) is 6.10 Å². The molecule has 0 saturated heterocycles. The van der Waals surface area contributed by atoms with Crippen molar-refractivity contribution in [3.05, 3.63) is 41.5 Å². The van der Waals surface area contributed by atoms with E-state index < -0.39 is 0 Å². The Hall–Kier alpha value is -2.23. The average molecular weight is 577 g/mol. The number of rotatable bonds is 9. The molecule has 0 bridgehead atoms. The summed E-state index contributed by atoms with van der Waals surface area (Å²) in [5.41, 5.74) is 3.40. The molecule has 232 valence electrons. The van der Waals surface area contributed by atoms with Gasteiger partial charge in [-0.1, -0.05) is 72.1 Å². The molecule has 1 N–H and O–H groups in total. The van der Waals surface area contributed by atoms with Crippen LogP contribution in [0.3, 0.4) is 0 Å². The highest BCUT2D eigenvalue weighted by Crippen LogP contribution is 2.67. The molecule has 0 amide bonds. The first-order valence-electron chi connectivity index (χ1n) is 16.9. The molecule has 4 aliphatic carbocycles. The third kappa shape index (κ3) is 5.93. The van der Waals surface area contributed by atoms with Crippen LogP contribution in [0.5, 0.6) is 11.5 Å². The number of allylic oxidation sites excluding steroid dienone is 2. The summed E-state index contributed by atoms with van der Waals surface area (Å²) >= 11 is 0. The van der Waals surface area contributed by atoms with Gasteiger partial charge < -0.3 is 14.6 Å². The van der Waals surface area contributed by atoms with E-state index in [4.69, 9.17) is 9.47 Å². The summed E-state index contributed by atoms with van der Waals surface area (Å²) in [5, 5.41) is 9.81. The van der Waals surface area contributed by atoms with Gasteiger partial charge in [-0.15, -0.1) is 0 Å². The number of hydrogen-bond acceptors (Lipinski definition) is 4. The Morgan fingerprint density at radius 1 is 1.02 bits per heavy atom. The van der Waals surface area contributed by atoms with E-state index in [-0.39, 0.29) is 17.8 Å². The van der Waals surface area contributed by atoms with E-state index in [0.29, 0.717) is 28.4 Å². The van der Waals surface area contributed by atoms with Crippen molar-refractivity contribution in [1.82, 2.24) is 0 Å². The smallest absolute Gasteiger partial charge is 0.331 e. The third-order valence-corrected chi connectivity index (χ3v) is 12.9. The van der Waals surface area contributed by atoms with E-state index in [2.05, 4.69) is 47.6 Å². The molecule has 3 fully saturated rings. The Labute approximate surface area is 255 Å². The van der Waals surface area contributed by atoms with E-state index >= 15 is 0 Å². The number of ether oxygens (including phenoxy) is 2. The molecule has 1 aromatic carbocycles. The number of aromatic hydroxyl groups is 1. The van der Waals surface area contributed by atoms with Gasteiger partial charge >= 0.3 is 5.97 Å². The van der Waals surface area contributed by atoms with Gasteiger partial charge in [0, 0.05) is 6.08 Å². The Bertz CT molecular complexity index is 1180. The number of carbonyl (C=O) groups is 1. The van der Waals surface area contributed by atoms with Crippen molar-refractivity contribution in [3.63, 3.8) is 0 Å². The number of esters is 1. The van der Waals surface area contributed by atoms with Crippen LogP contribution in [0.15, 0.2) is 35.9 Å². The molecule has 0 heterocycles. The zero-order chi connectivity index (χ0) is 30.2. The van der Waals surface area contributed by atoms with E-state index in [9.17, 15) is 9.90 Å². The van der Waals surface area contributed by atoms with Crippen LogP contribution in [0.2, 0.25) is 0 Å². The number of fused-ring (bicyclic) bond motifs is 5. The number of benzene rings is 1. The quantitative estimate of drug-likeness (QED) is 0.181. The second-order valence-corrected chi connectivity index (χ2v) is 15.3. The molecule has 5 rings (SSSR count). The summed E-state index contributed by atoms with van der Waals surface area (Å²) in [6, 6.07) is 5.05. The van der Waals surface area contributed by atoms with Gasteiger partial charge in [-0.25, -0.2) is 4.79 Å². The molecule has 1 aromatic rings. The van der Waals surface area contributed by atoms with Crippen LogP contribution in [0.25, 0.3) is 6.08 Å². The second kappa shape index (κ2) is 12.4. The minimum atomic E-state index is -0.287. The molecule has 4 heteroatoms. The summed E-state index contributed by atoms with van der Waals surface area (Å²) in [6.45, 7) is 15.0. The van der Waals surface area contributed by atoms with Gasteiger partial charge in [0.2, 0.25) is 0 Å². The first-order chi connectivity index (χ1) is 20.0.